The summed E-state index contributed by atoms with van der Waals surface area (Å²) in [5.74, 6) is -0.520. The summed E-state index contributed by atoms with van der Waals surface area (Å²) in [6, 6.07) is 9.14. The lowest BCUT2D eigenvalue weighted by Gasteiger charge is -2.09. The Morgan fingerprint density at radius 1 is 1.00 bits per heavy atom. The number of rotatable bonds is 5. The molecule has 0 fully saturated rings. The van der Waals surface area contributed by atoms with Gasteiger partial charge in [0.1, 0.15) is 17.4 Å². The van der Waals surface area contributed by atoms with Crippen LogP contribution < -0.4 is 10.1 Å². The molecule has 0 unspecified atom stereocenters. The van der Waals surface area contributed by atoms with E-state index in [4.69, 9.17) is 4.74 Å². The Balaban J connectivity index is 2.40. The third kappa shape index (κ3) is 3.14. The van der Waals surface area contributed by atoms with Crippen LogP contribution in [0.2, 0.25) is 0 Å². The lowest BCUT2D eigenvalue weighted by Crippen LogP contribution is -2.11. The Labute approximate surface area is 117 Å². The van der Waals surface area contributed by atoms with Gasteiger partial charge in [-0.3, -0.25) is 0 Å². The lowest BCUT2D eigenvalue weighted by molar-refractivity contribution is 0.411. The summed E-state index contributed by atoms with van der Waals surface area (Å²) in [5, 5.41) is 3.16. The Hall–Kier alpha value is -1.94. The largest absolute Gasteiger partial charge is 0.497 e. The Bertz CT molecular complexity index is 599. The average Bonchev–Trinajstić information content (AvgIpc) is 2.46. The van der Waals surface area contributed by atoms with E-state index in [1.54, 1.807) is 18.2 Å². The van der Waals surface area contributed by atoms with Crippen molar-refractivity contribution in [3.63, 3.8) is 0 Å². The first kappa shape index (κ1) is 14.5. The second kappa shape index (κ2) is 6.48. The number of hydrogen-bond acceptors (Lipinski definition) is 2. The Morgan fingerprint density at radius 3 is 2.45 bits per heavy atom. The normalized spacial score (nSPS) is 10.6. The zero-order valence-electron chi connectivity index (χ0n) is 11.5. The summed E-state index contributed by atoms with van der Waals surface area (Å²) >= 11 is 0. The summed E-state index contributed by atoms with van der Waals surface area (Å²) < 4.78 is 32.9. The van der Waals surface area contributed by atoms with Crippen LogP contribution in [-0.4, -0.2) is 13.7 Å². The maximum absolute atomic E-state index is 14.0. The molecule has 0 aliphatic carbocycles. The van der Waals surface area contributed by atoms with Gasteiger partial charge in [-0.25, -0.2) is 8.78 Å². The van der Waals surface area contributed by atoms with Crippen molar-refractivity contribution in [1.29, 1.82) is 0 Å². The highest BCUT2D eigenvalue weighted by atomic mass is 19.1. The van der Waals surface area contributed by atoms with Gasteiger partial charge in [-0.2, -0.15) is 0 Å². The van der Waals surface area contributed by atoms with Crippen LogP contribution in [0.1, 0.15) is 12.5 Å². The van der Waals surface area contributed by atoms with Crippen molar-refractivity contribution in [2.75, 3.05) is 13.7 Å². The molecule has 0 spiro atoms. The molecule has 0 heterocycles. The van der Waals surface area contributed by atoms with E-state index in [0.717, 1.165) is 12.1 Å². The molecule has 0 amide bonds. The summed E-state index contributed by atoms with van der Waals surface area (Å²) in [5.41, 5.74) is 1.42. The predicted molar refractivity (Wildman–Crippen MR) is 75.7 cm³/mol. The van der Waals surface area contributed by atoms with E-state index in [2.05, 4.69) is 5.32 Å². The fourth-order valence-corrected chi connectivity index (χ4v) is 2.00. The van der Waals surface area contributed by atoms with Gasteiger partial charge in [-0.15, -0.1) is 0 Å². The molecule has 2 aromatic carbocycles. The Kier molecular flexibility index (Phi) is 4.69. The molecule has 0 aliphatic heterocycles. The van der Waals surface area contributed by atoms with E-state index in [1.807, 2.05) is 6.92 Å². The molecule has 0 saturated heterocycles. The highest BCUT2D eigenvalue weighted by Gasteiger charge is 2.12. The molecule has 0 radical (unpaired) electrons. The van der Waals surface area contributed by atoms with Gasteiger partial charge in [0.2, 0.25) is 0 Å². The van der Waals surface area contributed by atoms with Crippen molar-refractivity contribution in [2.24, 2.45) is 0 Å². The summed E-state index contributed by atoms with van der Waals surface area (Å²) in [7, 11) is 1.46. The van der Waals surface area contributed by atoms with Crippen molar-refractivity contribution in [3.05, 3.63) is 53.6 Å². The van der Waals surface area contributed by atoms with Crippen molar-refractivity contribution >= 4 is 0 Å². The lowest BCUT2D eigenvalue weighted by atomic mass is 10.0. The highest BCUT2D eigenvalue weighted by molar-refractivity contribution is 5.66. The maximum atomic E-state index is 14.0. The second-order valence-corrected chi connectivity index (χ2v) is 4.44. The molecule has 20 heavy (non-hydrogen) atoms. The molecule has 106 valence electrons. The number of benzene rings is 2. The van der Waals surface area contributed by atoms with Crippen molar-refractivity contribution in [1.82, 2.24) is 5.32 Å². The molecule has 4 heteroatoms. The van der Waals surface area contributed by atoms with Gasteiger partial charge < -0.3 is 10.1 Å². The van der Waals surface area contributed by atoms with Crippen LogP contribution in [0.3, 0.4) is 0 Å². The predicted octanol–water partition coefficient (Wildman–Crippen LogP) is 3.75. The van der Waals surface area contributed by atoms with E-state index >= 15 is 0 Å². The SMILES string of the molecule is CCNCc1ccc(F)c(-c2ccc(OC)cc2F)c1. The van der Waals surface area contributed by atoms with Crippen LogP contribution in [-0.2, 0) is 6.54 Å². The first-order valence-electron chi connectivity index (χ1n) is 6.48. The van der Waals surface area contributed by atoms with Crippen molar-refractivity contribution < 1.29 is 13.5 Å². The molecule has 0 atom stereocenters. The molecular weight excluding hydrogens is 260 g/mol. The van der Waals surface area contributed by atoms with Gasteiger partial charge in [-0.05, 0) is 36.4 Å². The van der Waals surface area contributed by atoms with Crippen LogP contribution in [0, 0.1) is 11.6 Å². The van der Waals surface area contributed by atoms with Crippen LogP contribution >= 0.6 is 0 Å². The zero-order valence-corrected chi connectivity index (χ0v) is 11.5. The van der Waals surface area contributed by atoms with E-state index in [-0.39, 0.29) is 11.1 Å². The van der Waals surface area contributed by atoms with Gasteiger partial charge >= 0.3 is 0 Å². The molecule has 2 aromatic rings. The van der Waals surface area contributed by atoms with Crippen LogP contribution in [0.4, 0.5) is 8.78 Å². The van der Waals surface area contributed by atoms with E-state index in [1.165, 1.54) is 25.3 Å². The van der Waals surface area contributed by atoms with Crippen LogP contribution in [0.25, 0.3) is 11.1 Å². The topological polar surface area (TPSA) is 21.3 Å². The van der Waals surface area contributed by atoms with Gasteiger partial charge in [-0.1, -0.05) is 13.0 Å². The molecule has 1 N–H and O–H groups in total. The number of ether oxygens (including phenoxy) is 1. The molecule has 0 aromatic heterocycles. The fourth-order valence-electron chi connectivity index (χ4n) is 2.00. The monoisotopic (exact) mass is 277 g/mol. The molecule has 0 aliphatic rings. The molecule has 0 saturated carbocycles. The molecular formula is C16H17F2NO. The smallest absolute Gasteiger partial charge is 0.134 e. The molecule has 2 nitrogen and oxygen atoms in total. The van der Waals surface area contributed by atoms with Gasteiger partial charge in [0, 0.05) is 23.7 Å². The number of halogens is 2. The molecule has 0 bridgehead atoms. The maximum Gasteiger partial charge on any atom is 0.134 e. The van der Waals surface area contributed by atoms with E-state index < -0.39 is 11.6 Å². The van der Waals surface area contributed by atoms with Gasteiger partial charge in [0.15, 0.2) is 0 Å². The first-order chi connectivity index (χ1) is 9.65. The number of methoxy groups -OCH3 is 1. The second-order valence-electron chi connectivity index (χ2n) is 4.44. The fraction of sp³-hybridized carbons (Fsp3) is 0.250. The minimum Gasteiger partial charge on any atom is -0.497 e. The highest BCUT2D eigenvalue weighted by Crippen LogP contribution is 2.29. The van der Waals surface area contributed by atoms with Crippen molar-refractivity contribution in [2.45, 2.75) is 13.5 Å². The van der Waals surface area contributed by atoms with Crippen LogP contribution in [0.5, 0.6) is 5.75 Å². The minimum absolute atomic E-state index is 0.238. The third-order valence-corrected chi connectivity index (χ3v) is 3.08. The van der Waals surface area contributed by atoms with Gasteiger partial charge in [0.05, 0.1) is 7.11 Å². The molecule has 2 rings (SSSR count). The third-order valence-electron chi connectivity index (χ3n) is 3.08. The minimum atomic E-state index is -0.496. The summed E-state index contributed by atoms with van der Waals surface area (Å²) in [4.78, 5) is 0. The summed E-state index contributed by atoms with van der Waals surface area (Å²) in [6.07, 6.45) is 0. The average molecular weight is 277 g/mol. The first-order valence-corrected chi connectivity index (χ1v) is 6.48. The van der Waals surface area contributed by atoms with E-state index in [0.29, 0.717) is 12.3 Å². The Morgan fingerprint density at radius 2 is 1.80 bits per heavy atom. The zero-order chi connectivity index (χ0) is 14.5. The van der Waals surface area contributed by atoms with Gasteiger partial charge in [0.25, 0.3) is 0 Å². The number of nitrogens with one attached hydrogen (secondary N) is 1. The van der Waals surface area contributed by atoms with Crippen LogP contribution in [0.15, 0.2) is 36.4 Å². The summed E-state index contributed by atoms with van der Waals surface area (Å²) in [6.45, 7) is 3.44. The van der Waals surface area contributed by atoms with Crippen molar-refractivity contribution in [3.8, 4) is 16.9 Å². The quantitative estimate of drug-likeness (QED) is 0.898. The van der Waals surface area contributed by atoms with E-state index in [9.17, 15) is 8.78 Å². The number of hydrogen-bond donors (Lipinski definition) is 1. The standard InChI is InChI=1S/C16H17F2NO/c1-3-19-10-11-4-7-15(17)14(8-11)13-6-5-12(20-2)9-16(13)18/h4-9,19H,3,10H2,1-2H3.